The second kappa shape index (κ2) is 41.4. The zero-order chi connectivity index (χ0) is 92.4. The molecule has 12 heterocycles. The van der Waals surface area contributed by atoms with Crippen molar-refractivity contribution in [3.05, 3.63) is 233 Å². The Labute approximate surface area is 785 Å². The summed E-state index contributed by atoms with van der Waals surface area (Å²) in [6.07, 6.45) is 27.3. The molecule has 0 N–H and O–H groups in total. The number of ether oxygens (including phenoxy) is 9. The van der Waals surface area contributed by atoms with Gasteiger partial charge in [-0.2, -0.15) is 60.3 Å². The zero-order valence-electron chi connectivity index (χ0n) is 78.2. The first-order valence-electron chi connectivity index (χ1n) is 48.5. The average molecular weight is 1840 g/mol. The van der Waals surface area contributed by atoms with Gasteiger partial charge in [0.05, 0.1) is 92.2 Å². The van der Waals surface area contributed by atoms with Gasteiger partial charge in [-0.25, -0.2) is 42.1 Å². The van der Waals surface area contributed by atoms with Gasteiger partial charge in [-0.15, -0.1) is 0 Å². The van der Waals surface area contributed by atoms with Gasteiger partial charge in [0.25, 0.3) is 0 Å². The van der Waals surface area contributed by atoms with Crippen LogP contribution in [0.4, 0.5) is 34.1 Å². The predicted octanol–water partition coefficient (Wildman–Crippen LogP) is 11.7. The summed E-state index contributed by atoms with van der Waals surface area (Å²) in [6.45, 7) is 27.5. The molecule has 0 spiro atoms. The normalized spacial score (nSPS) is 22.8. The van der Waals surface area contributed by atoms with Crippen molar-refractivity contribution in [2.45, 2.75) is 192 Å². The molecule has 9 atom stereocenters. The van der Waals surface area contributed by atoms with Crippen LogP contribution in [0, 0.1) is 17.8 Å². The number of hydrogen-bond donors (Lipinski definition) is 0. The van der Waals surface area contributed by atoms with E-state index in [0.29, 0.717) is 77.0 Å². The standard InChI is InChI=1S/C34H44N8O4.C33H42N8O4.C32H40N8O4/c1-3-26(2)42-33(43)40(25-37-42)30-10-8-28(9-11-30)38-18-20-39(21-19-38)29-12-14-31(15-13-29)44-22-32-23-45-34(46-32,27-6-4-5-7-27)24-41-35-16-17-36-41;1-3-25(2)41-32(42)39(24-36-41)29-9-7-27(8-10-29)37-17-19-38(20-18-37)28-11-13-30(14-12-28)43-21-31-22-44-33(45-31,26-5-4-6-26)23-40-34-15-16-35-40;1-3-24(2)40-31(41)38(23-35-40)28-8-6-26(7-9-28)36-16-18-37(19-17-36)27-10-12-29(13-11-27)42-20-30-21-43-32(44-30,25-4-5-25)22-39-33-14-15-34-39/h8-17,25-27,32H,3-7,18-24H2,1-2H3;7-16,24-26,31H,3-6,17-23H2,1-2H3;6-15,23-25,30H,3-5,16-22H2,1-2H3. The fraction of sp³-hybridized carbons (Fsp3) is 0.515. The lowest BCUT2D eigenvalue weighted by Gasteiger charge is -2.40. The summed E-state index contributed by atoms with van der Waals surface area (Å²) >= 11 is 0. The first-order chi connectivity index (χ1) is 66.0. The zero-order valence-corrected chi connectivity index (χ0v) is 78.2. The number of anilines is 6. The largest absolute Gasteiger partial charge is 0.491 e. The first-order valence-corrected chi connectivity index (χ1v) is 48.5. The monoisotopic (exact) mass is 1840 g/mol. The van der Waals surface area contributed by atoms with E-state index in [-0.39, 0.29) is 53.5 Å². The van der Waals surface area contributed by atoms with Gasteiger partial charge in [0.2, 0.25) is 0 Å². The molecule has 3 saturated carbocycles. The summed E-state index contributed by atoms with van der Waals surface area (Å²) in [5, 5.41) is 38.5. The Hall–Kier alpha value is -12.5. The SMILES string of the molecule is CCC(C)n1ncn(-c2ccc(N3CCN(c4ccc(OCC5COC(Cn6nccn6)(C6CC6)O5)cc4)CC3)cc2)c1=O.CCC(C)n1ncn(-c2ccc(N3CCN(c4ccc(OCC5COC(Cn6nccn6)(C6CCC6)O5)cc4)CC3)cc2)c1=O.CCC(C)n1ncn(-c2ccc(N3CCN(c4ccc(OCC5COC(Cn6nccn6)(C6CCCC6)O5)cc4)CC3)cc2)c1=O. The van der Waals surface area contributed by atoms with Gasteiger partial charge in [-0.05, 0) is 224 Å². The van der Waals surface area contributed by atoms with E-state index in [9.17, 15) is 14.4 Å². The molecule has 12 aromatic rings. The maximum absolute atomic E-state index is 12.8. The molecule has 3 aliphatic carbocycles. The van der Waals surface area contributed by atoms with Gasteiger partial charge in [0.15, 0.2) is 17.4 Å². The van der Waals surface area contributed by atoms with Gasteiger partial charge in [-0.1, -0.05) is 40.0 Å². The molecule has 135 heavy (non-hydrogen) atoms. The molecular weight excluding hydrogens is 1720 g/mol. The van der Waals surface area contributed by atoms with Crippen LogP contribution in [-0.2, 0) is 48.1 Å². The minimum atomic E-state index is -0.686. The number of benzene rings is 6. The lowest BCUT2D eigenvalue weighted by molar-refractivity contribution is -0.233. The van der Waals surface area contributed by atoms with Crippen molar-refractivity contribution in [2.24, 2.45) is 17.8 Å². The van der Waals surface area contributed by atoms with Crippen molar-refractivity contribution in [2.75, 3.05) is 148 Å². The molecule has 6 aromatic carbocycles. The molecule has 9 aliphatic rings. The van der Waals surface area contributed by atoms with Crippen LogP contribution in [0.25, 0.3) is 17.1 Å². The molecule has 0 bridgehead atoms. The van der Waals surface area contributed by atoms with Crippen molar-refractivity contribution in [1.82, 2.24) is 88.0 Å². The van der Waals surface area contributed by atoms with Crippen LogP contribution in [0.1, 0.15) is 137 Å². The number of nitrogens with zero attached hydrogens (tertiary/aromatic N) is 24. The Morgan fingerprint density at radius 3 is 0.748 bits per heavy atom. The van der Waals surface area contributed by atoms with E-state index in [2.05, 4.69) is 169 Å². The summed E-state index contributed by atoms with van der Waals surface area (Å²) in [5.74, 6) is 1.55. The number of hydrogen-bond acceptors (Lipinski definition) is 27. The van der Waals surface area contributed by atoms with Crippen LogP contribution < -0.4 is 60.7 Å². The molecule has 0 amide bonds. The molecule has 36 heteroatoms. The number of piperazine rings is 3. The topological polar surface area (TPSA) is 314 Å². The van der Waals surface area contributed by atoms with Crippen molar-refractivity contribution >= 4 is 34.1 Å². The lowest BCUT2D eigenvalue weighted by atomic mass is 9.78. The van der Waals surface area contributed by atoms with Crippen molar-refractivity contribution < 1.29 is 42.6 Å². The van der Waals surface area contributed by atoms with Crippen LogP contribution in [0.5, 0.6) is 17.2 Å². The highest BCUT2D eigenvalue weighted by molar-refractivity contribution is 5.58. The van der Waals surface area contributed by atoms with Crippen molar-refractivity contribution in [3.63, 3.8) is 0 Å². The Morgan fingerprint density at radius 2 is 0.526 bits per heavy atom. The molecule has 6 aromatic heterocycles. The third-order valence-corrected chi connectivity index (χ3v) is 28.4. The minimum Gasteiger partial charge on any atom is -0.491 e. The van der Waals surface area contributed by atoms with Gasteiger partial charge in [0.1, 0.15) is 94.0 Å². The quantitative estimate of drug-likeness (QED) is 0.0369. The Bertz CT molecular complexity index is 5920. The second-order valence-electron chi connectivity index (χ2n) is 37.0. The fourth-order valence-corrected chi connectivity index (χ4v) is 19.5. The predicted molar refractivity (Wildman–Crippen MR) is 510 cm³/mol. The van der Waals surface area contributed by atoms with Crippen LogP contribution in [0.3, 0.4) is 0 Å². The van der Waals surface area contributed by atoms with E-state index in [4.69, 9.17) is 42.6 Å². The Morgan fingerprint density at radius 1 is 0.304 bits per heavy atom. The highest BCUT2D eigenvalue weighted by Crippen LogP contribution is 2.48. The molecule has 6 aliphatic heterocycles. The maximum atomic E-state index is 12.8. The molecule has 36 nitrogen and oxygen atoms in total. The molecular formula is C99H126N24O12. The highest BCUT2D eigenvalue weighted by atomic mass is 16.8. The Balaban J connectivity index is 0.000000130. The molecule has 9 unspecified atom stereocenters. The van der Waals surface area contributed by atoms with Gasteiger partial charge in [0, 0.05) is 130 Å². The molecule has 21 rings (SSSR count). The minimum absolute atomic E-state index is 0.0775. The van der Waals surface area contributed by atoms with Crippen molar-refractivity contribution in [1.29, 1.82) is 0 Å². The number of aromatic nitrogens is 18. The van der Waals surface area contributed by atoms with E-state index in [1.165, 1.54) is 36.3 Å². The van der Waals surface area contributed by atoms with E-state index in [1.54, 1.807) is 98.3 Å². The van der Waals surface area contributed by atoms with Crippen LogP contribution in [-0.4, -0.2) is 242 Å². The summed E-state index contributed by atoms with van der Waals surface area (Å²) in [4.78, 5) is 57.7. The lowest BCUT2D eigenvalue weighted by Crippen LogP contribution is -2.47. The summed E-state index contributed by atoms with van der Waals surface area (Å²) in [6, 6.07) is 49.8. The highest BCUT2D eigenvalue weighted by Gasteiger charge is 2.55. The molecule has 714 valence electrons. The third-order valence-electron chi connectivity index (χ3n) is 28.4. The summed E-state index contributed by atoms with van der Waals surface area (Å²) in [5.41, 5.74) is 9.21. The van der Waals surface area contributed by atoms with Crippen LogP contribution >= 0.6 is 0 Å². The molecule has 9 fully saturated rings. The van der Waals surface area contributed by atoms with Crippen LogP contribution in [0.2, 0.25) is 0 Å². The average Bonchev–Trinajstić information content (AvgIpc) is 1.63. The maximum Gasteiger partial charge on any atom is 0.350 e. The van der Waals surface area contributed by atoms with Gasteiger partial charge in [-0.3, -0.25) is 0 Å². The van der Waals surface area contributed by atoms with Gasteiger partial charge < -0.3 is 72.0 Å². The van der Waals surface area contributed by atoms with E-state index >= 15 is 0 Å². The summed E-state index contributed by atoms with van der Waals surface area (Å²) in [7, 11) is 0. The fourth-order valence-electron chi connectivity index (χ4n) is 19.5. The molecule has 0 radical (unpaired) electrons. The third kappa shape index (κ3) is 20.9. The first kappa shape index (κ1) is 91.6. The van der Waals surface area contributed by atoms with Gasteiger partial charge >= 0.3 is 17.1 Å². The summed E-state index contributed by atoms with van der Waals surface area (Å²) < 4.78 is 66.1. The second-order valence-corrected chi connectivity index (χ2v) is 37.0. The van der Waals surface area contributed by atoms with Crippen LogP contribution in [0.15, 0.2) is 216 Å². The van der Waals surface area contributed by atoms with Crippen molar-refractivity contribution in [3.8, 4) is 34.3 Å². The van der Waals surface area contributed by atoms with E-state index in [1.807, 2.05) is 93.6 Å². The Kier molecular flexibility index (Phi) is 28.1. The van der Waals surface area contributed by atoms with E-state index in [0.717, 1.165) is 188 Å². The smallest absolute Gasteiger partial charge is 0.350 e. The number of rotatable bonds is 33. The molecule has 6 saturated heterocycles. The van der Waals surface area contributed by atoms with E-state index < -0.39 is 17.4 Å².